The second-order valence-corrected chi connectivity index (χ2v) is 8.28. The van der Waals surface area contributed by atoms with Crippen molar-refractivity contribution in [2.24, 2.45) is 0 Å². The Kier molecular flexibility index (Phi) is 6.44. The van der Waals surface area contributed by atoms with Gasteiger partial charge in [-0.25, -0.2) is 4.98 Å². The minimum absolute atomic E-state index is 0.161. The highest BCUT2D eigenvalue weighted by molar-refractivity contribution is 7.09. The van der Waals surface area contributed by atoms with Gasteiger partial charge in [-0.15, -0.1) is 11.3 Å². The van der Waals surface area contributed by atoms with Gasteiger partial charge in [0, 0.05) is 30.1 Å². The molecule has 0 radical (unpaired) electrons. The minimum atomic E-state index is -0.161. The maximum absolute atomic E-state index is 12.6. The van der Waals surface area contributed by atoms with E-state index in [-0.39, 0.29) is 5.91 Å². The monoisotopic (exact) mass is 419 g/mol. The highest BCUT2D eigenvalue weighted by atomic mass is 32.1. The van der Waals surface area contributed by atoms with Crippen molar-refractivity contribution in [3.63, 3.8) is 0 Å². The van der Waals surface area contributed by atoms with Gasteiger partial charge in [0.1, 0.15) is 12.4 Å². The number of rotatable bonds is 7. The summed E-state index contributed by atoms with van der Waals surface area (Å²) < 4.78 is 5.93. The Labute approximate surface area is 181 Å². The Bertz CT molecular complexity index is 1040. The van der Waals surface area contributed by atoms with E-state index >= 15 is 0 Å². The Morgan fingerprint density at radius 3 is 2.73 bits per heavy atom. The molecule has 154 valence electrons. The van der Waals surface area contributed by atoms with Gasteiger partial charge >= 0.3 is 0 Å². The van der Waals surface area contributed by atoms with E-state index in [1.165, 1.54) is 12.8 Å². The van der Waals surface area contributed by atoms with Crippen LogP contribution < -0.4 is 15.0 Å². The number of amides is 1. The van der Waals surface area contributed by atoms with Gasteiger partial charge in [0.25, 0.3) is 0 Å². The largest absolute Gasteiger partial charge is 0.487 e. The summed E-state index contributed by atoms with van der Waals surface area (Å²) in [5, 5.41) is 6.04. The van der Waals surface area contributed by atoms with E-state index in [9.17, 15) is 4.79 Å². The minimum Gasteiger partial charge on any atom is -0.487 e. The first-order valence-corrected chi connectivity index (χ1v) is 11.0. The lowest BCUT2D eigenvalue weighted by Crippen LogP contribution is -2.20. The molecule has 30 heavy (non-hydrogen) atoms. The Morgan fingerprint density at radius 2 is 1.93 bits per heavy atom. The van der Waals surface area contributed by atoms with Crippen molar-refractivity contribution in [3.05, 3.63) is 76.3 Å². The van der Waals surface area contributed by atoms with Gasteiger partial charge in [-0.1, -0.05) is 30.3 Å². The van der Waals surface area contributed by atoms with Crippen LogP contribution in [0.25, 0.3) is 6.08 Å². The molecule has 1 aromatic heterocycles. The van der Waals surface area contributed by atoms with E-state index in [2.05, 4.69) is 21.3 Å². The van der Waals surface area contributed by atoms with Gasteiger partial charge in [-0.2, -0.15) is 0 Å². The highest BCUT2D eigenvalue weighted by Gasteiger charge is 2.16. The number of hydrogen-bond acceptors (Lipinski definition) is 5. The van der Waals surface area contributed by atoms with Gasteiger partial charge < -0.3 is 15.0 Å². The summed E-state index contributed by atoms with van der Waals surface area (Å²) in [6, 6.07) is 15.7. The fourth-order valence-electron chi connectivity index (χ4n) is 3.53. The van der Waals surface area contributed by atoms with Crippen LogP contribution in [-0.2, 0) is 11.4 Å². The van der Waals surface area contributed by atoms with Crippen LogP contribution in [0.1, 0.15) is 29.1 Å². The first-order chi connectivity index (χ1) is 14.7. The van der Waals surface area contributed by atoms with Crippen LogP contribution in [-0.4, -0.2) is 24.0 Å². The molecule has 0 bridgehead atoms. The highest BCUT2D eigenvalue weighted by Crippen LogP contribution is 2.28. The third kappa shape index (κ3) is 5.07. The lowest BCUT2D eigenvalue weighted by atomic mass is 10.2. The molecule has 1 aliphatic heterocycles. The lowest BCUT2D eigenvalue weighted by Gasteiger charge is -2.21. The van der Waals surface area contributed by atoms with Crippen LogP contribution >= 0.6 is 11.3 Å². The van der Waals surface area contributed by atoms with Crippen LogP contribution in [0, 0.1) is 6.92 Å². The van der Waals surface area contributed by atoms with Crippen molar-refractivity contribution in [1.82, 2.24) is 4.98 Å². The first-order valence-electron chi connectivity index (χ1n) is 10.1. The number of ether oxygens (including phenoxy) is 1. The van der Waals surface area contributed by atoms with E-state index in [1.54, 1.807) is 23.5 Å². The molecule has 1 saturated heterocycles. The maximum atomic E-state index is 12.6. The van der Waals surface area contributed by atoms with Crippen molar-refractivity contribution in [2.45, 2.75) is 26.4 Å². The van der Waals surface area contributed by atoms with Gasteiger partial charge in [0.05, 0.1) is 22.1 Å². The number of aryl methyl sites for hydroxylation is 1. The summed E-state index contributed by atoms with van der Waals surface area (Å²) in [6.07, 6.45) is 5.73. The first kappa shape index (κ1) is 20.2. The second kappa shape index (κ2) is 9.59. The van der Waals surface area contributed by atoms with Crippen molar-refractivity contribution in [2.75, 3.05) is 23.3 Å². The van der Waals surface area contributed by atoms with Crippen molar-refractivity contribution in [1.29, 1.82) is 0 Å². The Morgan fingerprint density at radius 1 is 1.17 bits per heavy atom. The van der Waals surface area contributed by atoms with Gasteiger partial charge in [-0.05, 0) is 44.0 Å². The topological polar surface area (TPSA) is 54.5 Å². The second-order valence-electron chi connectivity index (χ2n) is 7.22. The normalized spacial score (nSPS) is 13.7. The van der Waals surface area contributed by atoms with Gasteiger partial charge in [0.2, 0.25) is 5.91 Å². The predicted molar refractivity (Wildman–Crippen MR) is 123 cm³/mol. The summed E-state index contributed by atoms with van der Waals surface area (Å²) >= 11 is 1.61. The molecule has 0 aliphatic carbocycles. The molecule has 1 aliphatic rings. The fourth-order valence-corrected chi connectivity index (χ4v) is 4.13. The molecule has 3 aromatic rings. The van der Waals surface area contributed by atoms with Crippen molar-refractivity contribution >= 4 is 34.7 Å². The lowest BCUT2D eigenvalue weighted by molar-refractivity contribution is -0.111. The summed E-state index contributed by atoms with van der Waals surface area (Å²) in [5.74, 6) is 0.566. The predicted octanol–water partition coefficient (Wildman–Crippen LogP) is 5.28. The number of nitrogens with one attached hydrogen (secondary N) is 1. The van der Waals surface area contributed by atoms with Crippen LogP contribution in [0.4, 0.5) is 11.4 Å². The number of benzene rings is 2. The maximum Gasteiger partial charge on any atom is 0.248 e. The molecule has 1 N–H and O–H groups in total. The molecular formula is C24H25N3O2S. The zero-order chi connectivity index (χ0) is 20.8. The summed E-state index contributed by atoms with van der Waals surface area (Å²) in [6.45, 7) is 4.45. The number of aromatic nitrogens is 1. The molecule has 2 heterocycles. The van der Waals surface area contributed by atoms with E-state index in [4.69, 9.17) is 4.74 Å². The van der Waals surface area contributed by atoms with E-state index in [1.807, 2.05) is 54.8 Å². The number of thiazole rings is 1. The molecule has 0 spiro atoms. The van der Waals surface area contributed by atoms with Gasteiger partial charge in [-0.3, -0.25) is 4.79 Å². The van der Waals surface area contributed by atoms with Crippen LogP contribution in [0.15, 0.2) is 60.0 Å². The molecular weight excluding hydrogens is 394 g/mol. The molecule has 1 amide bonds. The zero-order valence-electron chi connectivity index (χ0n) is 17.0. The van der Waals surface area contributed by atoms with E-state index in [0.29, 0.717) is 6.61 Å². The molecule has 1 fully saturated rings. The Hall–Kier alpha value is -3.12. The number of anilines is 2. The molecule has 0 saturated carbocycles. The van der Waals surface area contributed by atoms with Gasteiger partial charge in [0.15, 0.2) is 0 Å². The quantitative estimate of drug-likeness (QED) is 0.529. The van der Waals surface area contributed by atoms with E-state index in [0.717, 1.165) is 46.5 Å². The third-order valence-electron chi connectivity index (χ3n) is 4.98. The smallest absolute Gasteiger partial charge is 0.248 e. The average molecular weight is 420 g/mol. The molecule has 6 heteroatoms. The number of para-hydroxylation sites is 3. The van der Waals surface area contributed by atoms with Crippen molar-refractivity contribution < 1.29 is 9.53 Å². The average Bonchev–Trinajstić information content (AvgIpc) is 3.44. The number of carbonyl (C=O) groups excluding carboxylic acids is 1. The number of hydrogen-bond donors (Lipinski definition) is 1. The van der Waals surface area contributed by atoms with E-state index < -0.39 is 0 Å². The van der Waals surface area contributed by atoms with Crippen LogP contribution in [0.5, 0.6) is 5.75 Å². The zero-order valence-corrected chi connectivity index (χ0v) is 17.8. The molecule has 2 aromatic carbocycles. The van der Waals surface area contributed by atoms with Crippen LogP contribution in [0.3, 0.4) is 0 Å². The SMILES string of the molecule is Cc1nc(COc2ccccc2/C=C/C(=O)Nc2ccccc2N2CCCC2)cs1. The third-order valence-corrected chi connectivity index (χ3v) is 5.81. The van der Waals surface area contributed by atoms with Crippen molar-refractivity contribution in [3.8, 4) is 5.75 Å². The summed E-state index contributed by atoms with van der Waals surface area (Å²) in [4.78, 5) is 19.3. The Balaban J connectivity index is 1.42. The fraction of sp³-hybridized carbons (Fsp3) is 0.250. The summed E-state index contributed by atoms with van der Waals surface area (Å²) in [7, 11) is 0. The molecule has 5 nitrogen and oxygen atoms in total. The standard InChI is InChI=1S/C24H25N3O2S/c1-18-25-20(17-30-18)16-29-23-11-5-2-8-19(23)12-13-24(28)26-21-9-3-4-10-22(21)27-14-6-7-15-27/h2-5,8-13,17H,6-7,14-16H2,1H3,(H,26,28)/b13-12+. The molecule has 4 rings (SSSR count). The number of nitrogens with zero attached hydrogens (tertiary/aromatic N) is 2. The molecule has 0 atom stereocenters. The molecule has 0 unspecified atom stereocenters. The summed E-state index contributed by atoms with van der Waals surface area (Å²) in [5.41, 5.74) is 3.69. The van der Waals surface area contributed by atoms with Crippen LogP contribution in [0.2, 0.25) is 0 Å². The number of carbonyl (C=O) groups is 1.